The lowest BCUT2D eigenvalue weighted by Gasteiger charge is -2.33. The maximum Gasteiger partial charge on any atom is 0.269 e. The zero-order valence-electron chi connectivity index (χ0n) is 21.6. The van der Waals surface area contributed by atoms with Gasteiger partial charge in [-0.05, 0) is 58.2 Å². The molecule has 2 aromatic rings. The van der Waals surface area contributed by atoms with Gasteiger partial charge in [-0.2, -0.15) is 0 Å². The van der Waals surface area contributed by atoms with E-state index in [1.54, 1.807) is 17.0 Å². The highest BCUT2D eigenvalue weighted by molar-refractivity contribution is 7.90. The molecular formula is C27H35N3O5S. The maximum atomic E-state index is 13.4. The number of hydrogen-bond acceptors (Lipinski definition) is 5. The van der Waals surface area contributed by atoms with Crippen LogP contribution in [-0.2, 0) is 26.2 Å². The van der Waals surface area contributed by atoms with Crippen LogP contribution in [0.3, 0.4) is 0 Å². The highest BCUT2D eigenvalue weighted by Gasteiger charge is 2.40. The Labute approximate surface area is 213 Å². The lowest BCUT2D eigenvalue weighted by molar-refractivity contribution is -0.142. The zero-order chi connectivity index (χ0) is 26.7. The van der Waals surface area contributed by atoms with Crippen LogP contribution in [-0.4, -0.2) is 53.5 Å². The van der Waals surface area contributed by atoms with E-state index in [-0.39, 0.29) is 48.2 Å². The van der Waals surface area contributed by atoms with E-state index in [1.165, 1.54) is 12.1 Å². The Kier molecular flexibility index (Phi) is 8.23. The first kappa shape index (κ1) is 27.4. The quantitative estimate of drug-likeness (QED) is 0.551. The third-order valence-electron chi connectivity index (χ3n) is 6.02. The molecule has 9 heteroatoms. The van der Waals surface area contributed by atoms with Crippen LogP contribution in [0.25, 0.3) is 0 Å². The topological polar surface area (TPSA) is 104 Å². The largest absolute Gasteiger partial charge is 0.350 e. The van der Waals surface area contributed by atoms with Gasteiger partial charge in [0, 0.05) is 25.0 Å². The number of sulfonamides is 1. The summed E-state index contributed by atoms with van der Waals surface area (Å²) in [5, 5.41) is 2.96. The number of carbonyl (C=O) groups is 3. The van der Waals surface area contributed by atoms with E-state index in [1.807, 2.05) is 58.9 Å². The van der Waals surface area contributed by atoms with Crippen LogP contribution in [0.2, 0.25) is 0 Å². The minimum Gasteiger partial charge on any atom is -0.350 e. The molecule has 194 valence electrons. The molecule has 0 fully saturated rings. The van der Waals surface area contributed by atoms with Crippen LogP contribution in [0.5, 0.6) is 0 Å². The van der Waals surface area contributed by atoms with Gasteiger partial charge >= 0.3 is 0 Å². The van der Waals surface area contributed by atoms with E-state index in [9.17, 15) is 22.8 Å². The molecule has 0 aliphatic carbocycles. The van der Waals surface area contributed by atoms with Crippen molar-refractivity contribution in [2.75, 3.05) is 6.54 Å². The fraction of sp³-hybridized carbons (Fsp3) is 0.444. The molecule has 0 aromatic heterocycles. The van der Waals surface area contributed by atoms with Gasteiger partial charge in [0.15, 0.2) is 0 Å². The summed E-state index contributed by atoms with van der Waals surface area (Å²) in [5.41, 5.74) is 1.67. The Bertz CT molecular complexity index is 1230. The second-order valence-electron chi connectivity index (χ2n) is 10.2. The Morgan fingerprint density at radius 1 is 1.06 bits per heavy atom. The van der Waals surface area contributed by atoms with Crippen molar-refractivity contribution >= 4 is 27.7 Å². The lowest BCUT2D eigenvalue weighted by atomic mass is 10.0. The first-order valence-electron chi connectivity index (χ1n) is 12.2. The third-order valence-corrected chi connectivity index (χ3v) is 7.86. The van der Waals surface area contributed by atoms with Gasteiger partial charge in [-0.1, -0.05) is 48.9 Å². The summed E-state index contributed by atoms with van der Waals surface area (Å²) in [4.78, 5) is 40.7. The van der Waals surface area contributed by atoms with Crippen molar-refractivity contribution in [3.63, 3.8) is 0 Å². The van der Waals surface area contributed by atoms with Crippen LogP contribution < -0.4 is 5.32 Å². The maximum absolute atomic E-state index is 13.4. The summed E-state index contributed by atoms with van der Waals surface area (Å²) in [5.74, 6) is -1.09. The number of rotatable bonds is 9. The van der Waals surface area contributed by atoms with Gasteiger partial charge in [-0.3, -0.25) is 14.4 Å². The molecule has 1 atom stereocenters. The first-order chi connectivity index (χ1) is 16.8. The number of fused-ring (bicyclic) bond motifs is 1. The first-order valence-corrected chi connectivity index (χ1v) is 13.6. The molecule has 1 N–H and O–H groups in total. The molecular weight excluding hydrogens is 478 g/mol. The van der Waals surface area contributed by atoms with Crippen molar-refractivity contribution < 1.29 is 22.8 Å². The minimum atomic E-state index is -3.93. The predicted molar refractivity (Wildman–Crippen MR) is 138 cm³/mol. The summed E-state index contributed by atoms with van der Waals surface area (Å²) in [7, 11) is -3.93. The van der Waals surface area contributed by atoms with Gasteiger partial charge in [-0.15, -0.1) is 0 Å². The van der Waals surface area contributed by atoms with Crippen molar-refractivity contribution in [3.05, 3.63) is 65.2 Å². The summed E-state index contributed by atoms with van der Waals surface area (Å²) in [6.07, 6.45) is 0.578. The Hall–Kier alpha value is -3.20. The molecule has 1 aliphatic heterocycles. The van der Waals surface area contributed by atoms with Gasteiger partial charge in [-0.25, -0.2) is 12.7 Å². The molecule has 0 spiro atoms. The summed E-state index contributed by atoms with van der Waals surface area (Å²) in [6, 6.07) is 13.2. The SMILES string of the molecule is CC[C@H](C(=O)NC(C)(C)C)N(Cc1ccc(C)cc1)C(=O)CCCN1C(=O)c2ccccc2S1(=O)=O. The van der Waals surface area contributed by atoms with Gasteiger partial charge < -0.3 is 10.2 Å². The van der Waals surface area contributed by atoms with Gasteiger partial charge in [0.2, 0.25) is 11.8 Å². The third kappa shape index (κ3) is 6.13. The second-order valence-corrected chi connectivity index (χ2v) is 12.0. The van der Waals surface area contributed by atoms with Crippen molar-refractivity contribution in [2.24, 2.45) is 0 Å². The molecule has 0 saturated heterocycles. The average molecular weight is 514 g/mol. The van der Waals surface area contributed by atoms with Crippen LogP contribution in [0, 0.1) is 6.92 Å². The number of nitrogens with one attached hydrogen (secondary N) is 1. The van der Waals surface area contributed by atoms with Crippen LogP contribution in [0.4, 0.5) is 0 Å². The molecule has 1 heterocycles. The Morgan fingerprint density at radius 3 is 2.28 bits per heavy atom. The number of hydrogen-bond donors (Lipinski definition) is 1. The van der Waals surface area contributed by atoms with E-state index in [2.05, 4.69) is 5.32 Å². The fourth-order valence-electron chi connectivity index (χ4n) is 4.23. The van der Waals surface area contributed by atoms with E-state index in [4.69, 9.17) is 0 Å². The molecule has 0 unspecified atom stereocenters. The molecule has 2 aromatic carbocycles. The molecule has 0 saturated carbocycles. The van der Waals surface area contributed by atoms with E-state index in [0.717, 1.165) is 15.4 Å². The average Bonchev–Trinajstić information content (AvgIpc) is 2.99. The fourth-order valence-corrected chi connectivity index (χ4v) is 5.84. The van der Waals surface area contributed by atoms with E-state index < -0.39 is 27.5 Å². The van der Waals surface area contributed by atoms with Crippen molar-refractivity contribution in [1.82, 2.24) is 14.5 Å². The standard InChI is InChI=1S/C27H35N3O5S/c1-6-22(25(32)28-27(3,4)5)29(18-20-15-13-19(2)14-16-20)24(31)12-9-17-30-26(33)21-10-7-8-11-23(21)36(30,34)35/h7-8,10-11,13-16,22H,6,9,12,17-18H2,1-5H3,(H,28,32)/t22-/m1/s1. The van der Waals surface area contributed by atoms with Crippen LogP contribution >= 0.6 is 0 Å². The summed E-state index contributed by atoms with van der Waals surface area (Å²) < 4.78 is 26.4. The second kappa shape index (κ2) is 10.8. The summed E-state index contributed by atoms with van der Waals surface area (Å²) in [6.45, 7) is 9.63. The molecule has 8 nitrogen and oxygen atoms in total. The van der Waals surface area contributed by atoms with Gasteiger partial charge in [0.1, 0.15) is 10.9 Å². The Balaban J connectivity index is 1.76. The van der Waals surface area contributed by atoms with Gasteiger partial charge in [0.25, 0.3) is 15.9 Å². The molecule has 36 heavy (non-hydrogen) atoms. The lowest BCUT2D eigenvalue weighted by Crippen LogP contribution is -2.53. The van der Waals surface area contributed by atoms with E-state index in [0.29, 0.717) is 6.42 Å². The van der Waals surface area contributed by atoms with Gasteiger partial charge in [0.05, 0.1) is 5.56 Å². The smallest absolute Gasteiger partial charge is 0.269 e. The number of carbonyl (C=O) groups excluding carboxylic acids is 3. The number of benzene rings is 2. The van der Waals surface area contributed by atoms with Crippen molar-refractivity contribution in [2.45, 2.75) is 76.9 Å². The normalized spacial score (nSPS) is 15.4. The highest BCUT2D eigenvalue weighted by atomic mass is 32.2. The zero-order valence-corrected chi connectivity index (χ0v) is 22.4. The number of aryl methyl sites for hydroxylation is 1. The molecule has 3 rings (SSSR count). The van der Waals surface area contributed by atoms with Crippen LogP contribution in [0.1, 0.15) is 68.4 Å². The molecule has 0 bridgehead atoms. The minimum absolute atomic E-state index is 0.000798. The summed E-state index contributed by atoms with van der Waals surface area (Å²) >= 11 is 0. The number of amides is 3. The number of nitrogens with zero attached hydrogens (tertiary/aromatic N) is 2. The monoisotopic (exact) mass is 513 g/mol. The molecule has 0 radical (unpaired) electrons. The van der Waals surface area contributed by atoms with E-state index >= 15 is 0 Å². The van der Waals surface area contributed by atoms with Crippen molar-refractivity contribution in [1.29, 1.82) is 0 Å². The molecule has 3 amide bonds. The molecule has 1 aliphatic rings. The van der Waals surface area contributed by atoms with Crippen molar-refractivity contribution in [3.8, 4) is 0 Å². The van der Waals surface area contributed by atoms with Crippen LogP contribution in [0.15, 0.2) is 53.4 Å². The predicted octanol–water partition coefficient (Wildman–Crippen LogP) is 3.64. The Morgan fingerprint density at radius 2 is 1.69 bits per heavy atom. The highest BCUT2D eigenvalue weighted by Crippen LogP contribution is 2.30.